The molecule has 3 atom stereocenters. The van der Waals surface area contributed by atoms with Gasteiger partial charge in [0.05, 0.1) is 7.11 Å². The first kappa shape index (κ1) is 33.6. The third-order valence-corrected chi connectivity index (χ3v) is 5.28. The number of methoxy groups -OCH3 is 1. The predicted octanol–water partition coefficient (Wildman–Crippen LogP) is 0.409. The minimum absolute atomic E-state index is 0.313. The largest absolute Gasteiger partial charge is 0.467 e. The van der Waals surface area contributed by atoms with Crippen LogP contribution >= 0.6 is 0 Å². The fraction of sp³-hybridized carbons (Fsp3) is 0.833. The Morgan fingerprint density at radius 2 is 1.06 bits per heavy atom. The second-order valence-electron chi connectivity index (χ2n) is 9.70. The van der Waals surface area contributed by atoms with Crippen LogP contribution in [0.4, 0.5) is 4.79 Å². The van der Waals surface area contributed by atoms with E-state index >= 15 is 0 Å². The molecule has 0 fully saturated rings. The van der Waals surface area contributed by atoms with Crippen LogP contribution in [0, 0.1) is 0 Å². The fourth-order valence-electron chi connectivity index (χ4n) is 3.40. The maximum Gasteiger partial charge on any atom is 0.408 e. The molecule has 0 saturated heterocycles. The second kappa shape index (κ2) is 18.8. The van der Waals surface area contributed by atoms with Crippen LogP contribution in [-0.2, 0) is 23.9 Å². The molecule has 0 rings (SSSR count). The summed E-state index contributed by atoms with van der Waals surface area (Å²) in [6, 6.07) is -2.71. The van der Waals surface area contributed by atoms with Crippen LogP contribution < -0.4 is 33.2 Å². The normalized spacial score (nSPS) is 13.8. The number of ether oxygens (including phenoxy) is 2. The molecule has 0 aromatic rings. The fourth-order valence-corrected chi connectivity index (χ4v) is 3.40. The second-order valence-corrected chi connectivity index (χ2v) is 9.70. The summed E-state index contributed by atoms with van der Waals surface area (Å²) in [6.45, 7) is 6.52. The number of hydrogen-bond acceptors (Lipinski definition) is 9. The Balaban J connectivity index is 5.52. The topological polar surface area (TPSA) is 201 Å². The predicted molar refractivity (Wildman–Crippen MR) is 138 cm³/mol. The highest BCUT2D eigenvalue weighted by Crippen LogP contribution is 2.10. The van der Waals surface area contributed by atoms with Crippen molar-refractivity contribution in [2.75, 3.05) is 26.7 Å². The number of hydrogen-bond donors (Lipinski definition) is 6. The molecule has 3 amide bonds. The van der Waals surface area contributed by atoms with Gasteiger partial charge in [0.1, 0.15) is 23.7 Å². The van der Waals surface area contributed by atoms with E-state index in [0.29, 0.717) is 77.4 Å². The standard InChI is InChI=1S/C24H48N6O6/c1-24(2,3)36-23(34)30-18(12-6-9-15-26)21(32)28-17(11-5-8-14-25)20(31)29-19(22(33)35-4)13-7-10-16-27/h17-19H,5-16,25-27H2,1-4H3,(H,28,32)(H,29,31)(H,30,34)/t17-,18+,19-/m0/s1. The molecule has 0 aliphatic heterocycles. The van der Waals surface area contributed by atoms with Gasteiger partial charge in [0.15, 0.2) is 0 Å². The number of unbranched alkanes of at least 4 members (excludes halogenated alkanes) is 3. The number of amides is 3. The van der Waals surface area contributed by atoms with Crippen molar-refractivity contribution >= 4 is 23.9 Å². The average Bonchev–Trinajstić information content (AvgIpc) is 2.80. The van der Waals surface area contributed by atoms with Gasteiger partial charge in [0.2, 0.25) is 11.8 Å². The molecule has 0 heterocycles. The smallest absolute Gasteiger partial charge is 0.408 e. The lowest BCUT2D eigenvalue weighted by Crippen LogP contribution is -2.56. The number of nitrogens with one attached hydrogen (secondary N) is 3. The minimum atomic E-state index is -0.928. The SMILES string of the molecule is COC(=O)[C@H](CCCCN)NC(=O)[C@H](CCCCN)NC(=O)[C@@H](CCCCN)NC(=O)OC(C)(C)C. The van der Waals surface area contributed by atoms with E-state index in [-0.39, 0.29) is 0 Å². The van der Waals surface area contributed by atoms with Crippen molar-refractivity contribution in [1.29, 1.82) is 0 Å². The molecule has 0 aliphatic carbocycles. The summed E-state index contributed by atoms with van der Waals surface area (Å²) in [4.78, 5) is 50.8. The van der Waals surface area contributed by atoms with Crippen molar-refractivity contribution in [2.45, 2.75) is 102 Å². The molecule has 0 radical (unpaired) electrons. The third kappa shape index (κ3) is 15.5. The van der Waals surface area contributed by atoms with Gasteiger partial charge in [0.25, 0.3) is 0 Å². The lowest BCUT2D eigenvalue weighted by molar-refractivity contribution is -0.145. The molecule has 0 spiro atoms. The molecule has 0 aromatic carbocycles. The third-order valence-electron chi connectivity index (χ3n) is 5.28. The van der Waals surface area contributed by atoms with E-state index < -0.39 is 47.6 Å². The Labute approximate surface area is 215 Å². The zero-order chi connectivity index (χ0) is 27.6. The molecule has 9 N–H and O–H groups in total. The van der Waals surface area contributed by atoms with Crippen molar-refractivity contribution in [1.82, 2.24) is 16.0 Å². The van der Waals surface area contributed by atoms with E-state index in [1.807, 2.05) is 0 Å². The first-order valence-electron chi connectivity index (χ1n) is 12.8. The highest BCUT2D eigenvalue weighted by molar-refractivity contribution is 5.93. The van der Waals surface area contributed by atoms with E-state index in [0.717, 1.165) is 0 Å². The summed E-state index contributed by atoms with van der Waals surface area (Å²) in [5.74, 6) is -1.61. The van der Waals surface area contributed by atoms with Crippen LogP contribution in [0.15, 0.2) is 0 Å². The molecule has 12 heteroatoms. The maximum absolute atomic E-state index is 13.1. The number of esters is 1. The van der Waals surface area contributed by atoms with Gasteiger partial charge in [0, 0.05) is 0 Å². The van der Waals surface area contributed by atoms with Crippen molar-refractivity contribution in [3.63, 3.8) is 0 Å². The molecule has 36 heavy (non-hydrogen) atoms. The van der Waals surface area contributed by atoms with Crippen molar-refractivity contribution in [3.8, 4) is 0 Å². The highest BCUT2D eigenvalue weighted by atomic mass is 16.6. The summed E-state index contributed by atoms with van der Waals surface area (Å²) in [5.41, 5.74) is 16.0. The van der Waals surface area contributed by atoms with E-state index in [1.165, 1.54) is 7.11 Å². The van der Waals surface area contributed by atoms with Crippen LogP contribution in [0.1, 0.15) is 78.6 Å². The Hall–Kier alpha value is -2.44. The number of rotatable bonds is 18. The number of carbonyl (C=O) groups excluding carboxylic acids is 4. The Bertz CT molecular complexity index is 670. The molecule has 0 bridgehead atoms. The van der Waals surface area contributed by atoms with E-state index in [9.17, 15) is 19.2 Å². The molecular formula is C24H48N6O6. The summed E-state index contributed by atoms with van der Waals surface area (Å²) in [5, 5.41) is 8.02. The molecular weight excluding hydrogens is 468 g/mol. The number of carbonyl (C=O) groups is 4. The Morgan fingerprint density at radius 1 is 0.667 bits per heavy atom. The van der Waals surface area contributed by atoms with E-state index in [4.69, 9.17) is 26.7 Å². The Morgan fingerprint density at radius 3 is 1.44 bits per heavy atom. The first-order chi connectivity index (χ1) is 17.0. The molecule has 210 valence electrons. The highest BCUT2D eigenvalue weighted by Gasteiger charge is 2.30. The van der Waals surface area contributed by atoms with Crippen LogP contribution in [0.3, 0.4) is 0 Å². The minimum Gasteiger partial charge on any atom is -0.467 e. The first-order valence-corrected chi connectivity index (χ1v) is 12.8. The monoisotopic (exact) mass is 516 g/mol. The van der Waals surface area contributed by atoms with Crippen molar-refractivity contribution < 1.29 is 28.7 Å². The molecule has 12 nitrogen and oxygen atoms in total. The molecule has 0 unspecified atom stereocenters. The summed E-state index contributed by atoms with van der Waals surface area (Å²) in [6.07, 6.45) is 4.10. The maximum atomic E-state index is 13.1. The lowest BCUT2D eigenvalue weighted by atomic mass is 10.0. The molecule has 0 aliphatic rings. The molecule has 0 saturated carbocycles. The van der Waals surface area contributed by atoms with Crippen LogP contribution in [0.2, 0.25) is 0 Å². The Kier molecular flexibility index (Phi) is 17.5. The number of nitrogens with two attached hydrogens (primary N) is 3. The average molecular weight is 517 g/mol. The zero-order valence-electron chi connectivity index (χ0n) is 22.4. The van der Waals surface area contributed by atoms with Crippen LogP contribution in [0.5, 0.6) is 0 Å². The van der Waals surface area contributed by atoms with Crippen molar-refractivity contribution in [2.24, 2.45) is 17.2 Å². The van der Waals surface area contributed by atoms with E-state index in [2.05, 4.69) is 16.0 Å². The number of alkyl carbamates (subject to hydrolysis) is 1. The van der Waals surface area contributed by atoms with Gasteiger partial charge in [-0.25, -0.2) is 9.59 Å². The van der Waals surface area contributed by atoms with Gasteiger partial charge in [-0.3, -0.25) is 9.59 Å². The summed E-state index contributed by atoms with van der Waals surface area (Å²) >= 11 is 0. The van der Waals surface area contributed by atoms with Crippen molar-refractivity contribution in [3.05, 3.63) is 0 Å². The van der Waals surface area contributed by atoms with Gasteiger partial charge < -0.3 is 42.6 Å². The van der Waals surface area contributed by atoms with Crippen LogP contribution in [0.25, 0.3) is 0 Å². The van der Waals surface area contributed by atoms with Gasteiger partial charge in [-0.15, -0.1) is 0 Å². The quantitative estimate of drug-likeness (QED) is 0.110. The van der Waals surface area contributed by atoms with Gasteiger partial charge in [-0.2, -0.15) is 0 Å². The zero-order valence-corrected chi connectivity index (χ0v) is 22.4. The van der Waals surface area contributed by atoms with Crippen LogP contribution in [-0.4, -0.2) is 74.3 Å². The van der Waals surface area contributed by atoms with Gasteiger partial charge in [-0.05, 0) is 98.2 Å². The summed E-state index contributed by atoms with van der Waals surface area (Å²) < 4.78 is 10.1. The summed E-state index contributed by atoms with van der Waals surface area (Å²) in [7, 11) is 1.25. The lowest BCUT2D eigenvalue weighted by Gasteiger charge is -2.26. The molecule has 0 aromatic heterocycles. The van der Waals surface area contributed by atoms with E-state index in [1.54, 1.807) is 20.8 Å². The van der Waals surface area contributed by atoms with Gasteiger partial charge in [-0.1, -0.05) is 0 Å². The van der Waals surface area contributed by atoms with Gasteiger partial charge >= 0.3 is 12.1 Å².